The first-order valence-electron chi connectivity index (χ1n) is 21.5. The Balaban J connectivity index is 1.07. The second kappa shape index (κ2) is 14.2. The molecule has 7 aromatic rings. The molecule has 0 heterocycles. The van der Waals surface area contributed by atoms with Crippen LogP contribution in [-0.4, -0.2) is 7.11 Å². The van der Waals surface area contributed by atoms with Gasteiger partial charge >= 0.3 is 0 Å². The molecule has 0 saturated carbocycles. The summed E-state index contributed by atoms with van der Waals surface area (Å²) in [4.78, 5) is 2.37. The normalized spacial score (nSPS) is 16.2. The van der Waals surface area contributed by atoms with Crippen molar-refractivity contribution in [1.82, 2.24) is 0 Å². The molecule has 2 aliphatic rings. The van der Waals surface area contributed by atoms with E-state index in [1.165, 1.54) is 72.4 Å². The van der Waals surface area contributed by atoms with Crippen LogP contribution < -0.4 is 9.64 Å². The molecule has 0 radical (unpaired) electrons. The van der Waals surface area contributed by atoms with E-state index in [-0.39, 0.29) is 21.7 Å². The molecule has 0 bridgehead atoms. The van der Waals surface area contributed by atoms with Crippen molar-refractivity contribution < 1.29 is 4.74 Å². The highest BCUT2D eigenvalue weighted by molar-refractivity contribution is 5.86. The van der Waals surface area contributed by atoms with Gasteiger partial charge < -0.3 is 9.64 Å². The summed E-state index contributed by atoms with van der Waals surface area (Å²) in [5, 5.41) is 0. The highest BCUT2D eigenvalue weighted by Crippen LogP contribution is 2.54. The van der Waals surface area contributed by atoms with Gasteiger partial charge in [-0.1, -0.05) is 165 Å². The minimum Gasteiger partial charge on any atom is -0.497 e. The fourth-order valence-electron chi connectivity index (χ4n) is 10.3. The lowest BCUT2D eigenvalue weighted by atomic mass is 9.70. The third-order valence-corrected chi connectivity index (χ3v) is 14.7. The second-order valence-corrected chi connectivity index (χ2v) is 18.4. The van der Waals surface area contributed by atoms with E-state index in [1.807, 2.05) is 0 Å². The molecular formula is C57H57NO. The van der Waals surface area contributed by atoms with Crippen LogP contribution >= 0.6 is 0 Å². The van der Waals surface area contributed by atoms with Gasteiger partial charge in [0.05, 0.1) is 7.11 Å². The average molecular weight is 772 g/mol. The Labute approximate surface area is 352 Å². The number of hydrogen-bond donors (Lipinski definition) is 0. The number of para-hydroxylation sites is 2. The quantitative estimate of drug-likeness (QED) is 0.137. The Hall–Kier alpha value is -5.86. The highest BCUT2D eigenvalue weighted by Gasteiger charge is 2.41. The second-order valence-electron chi connectivity index (χ2n) is 18.4. The topological polar surface area (TPSA) is 12.5 Å². The summed E-state index contributed by atoms with van der Waals surface area (Å²) < 4.78 is 5.49. The summed E-state index contributed by atoms with van der Waals surface area (Å²) in [7, 11) is 1.73. The smallest absolute Gasteiger partial charge is 0.118 e. The Kier molecular flexibility index (Phi) is 9.27. The summed E-state index contributed by atoms with van der Waals surface area (Å²) >= 11 is 0. The van der Waals surface area contributed by atoms with Crippen molar-refractivity contribution in [1.29, 1.82) is 0 Å². The number of methoxy groups -OCH3 is 1. The summed E-state index contributed by atoms with van der Waals surface area (Å²) in [5.74, 6) is 0.894. The van der Waals surface area contributed by atoms with Gasteiger partial charge in [0, 0.05) is 38.7 Å². The van der Waals surface area contributed by atoms with Crippen LogP contribution in [-0.2, 0) is 21.7 Å². The lowest BCUT2D eigenvalue weighted by Gasteiger charge is -2.33. The van der Waals surface area contributed by atoms with E-state index < -0.39 is 0 Å². The molecule has 2 unspecified atom stereocenters. The minimum absolute atomic E-state index is 0.107. The molecule has 2 nitrogen and oxygen atoms in total. The lowest BCUT2D eigenvalue weighted by molar-refractivity contribution is 0.414. The molecule has 0 aliphatic heterocycles. The van der Waals surface area contributed by atoms with Gasteiger partial charge in [-0.25, -0.2) is 0 Å². The van der Waals surface area contributed by atoms with Gasteiger partial charge in [-0.15, -0.1) is 0 Å². The molecule has 0 aromatic heterocycles. The van der Waals surface area contributed by atoms with E-state index in [1.54, 1.807) is 7.11 Å². The van der Waals surface area contributed by atoms with Crippen LogP contribution in [0.1, 0.15) is 113 Å². The predicted octanol–water partition coefficient (Wildman–Crippen LogP) is 15.2. The molecule has 9 rings (SSSR count). The summed E-state index contributed by atoms with van der Waals surface area (Å²) in [6, 6.07) is 59.1. The zero-order valence-corrected chi connectivity index (χ0v) is 36.3. The van der Waals surface area contributed by atoms with Gasteiger partial charge in [-0.3, -0.25) is 0 Å². The maximum Gasteiger partial charge on any atom is 0.118 e. The van der Waals surface area contributed by atoms with Crippen LogP contribution in [0.25, 0.3) is 22.3 Å². The van der Waals surface area contributed by atoms with Gasteiger partial charge in [0.25, 0.3) is 0 Å². The third kappa shape index (κ3) is 5.97. The van der Waals surface area contributed by atoms with Crippen LogP contribution in [0.15, 0.2) is 158 Å². The van der Waals surface area contributed by atoms with Crippen molar-refractivity contribution in [3.8, 4) is 28.0 Å². The van der Waals surface area contributed by atoms with E-state index in [2.05, 4.69) is 218 Å². The summed E-state index contributed by atoms with van der Waals surface area (Å²) in [5.41, 5.74) is 19.4. The molecule has 0 fully saturated rings. The van der Waals surface area contributed by atoms with Crippen LogP contribution in [0.4, 0.5) is 17.1 Å². The minimum atomic E-state index is -0.164. The molecule has 2 atom stereocenters. The van der Waals surface area contributed by atoms with Gasteiger partial charge in [0.1, 0.15) is 5.75 Å². The van der Waals surface area contributed by atoms with Crippen LogP contribution in [0.5, 0.6) is 5.75 Å². The van der Waals surface area contributed by atoms with Crippen molar-refractivity contribution in [3.05, 3.63) is 202 Å². The molecule has 7 aromatic carbocycles. The van der Waals surface area contributed by atoms with Gasteiger partial charge in [0.15, 0.2) is 0 Å². The number of benzene rings is 7. The fraction of sp³-hybridized carbons (Fsp3) is 0.263. The van der Waals surface area contributed by atoms with Gasteiger partial charge in [-0.05, 0) is 128 Å². The largest absolute Gasteiger partial charge is 0.497 e. The van der Waals surface area contributed by atoms with Crippen molar-refractivity contribution in [2.75, 3.05) is 12.0 Å². The monoisotopic (exact) mass is 771 g/mol. The number of hydrogen-bond acceptors (Lipinski definition) is 2. The zero-order valence-electron chi connectivity index (χ0n) is 36.3. The SMILES string of the molecule is CCC(C)(c1ccc(OC)cc1)c1ccc2c(c1)C(C)(C)c1cc(C(C)(CC)c3ccc4c(c3)C(C)(C)c3cc(N(c5ccccc5)c5ccccc5)ccc3-4)ccc1-2. The predicted molar refractivity (Wildman–Crippen MR) is 249 cm³/mol. The van der Waals surface area contributed by atoms with E-state index in [9.17, 15) is 0 Å². The zero-order chi connectivity index (χ0) is 41.3. The standard InChI is InChI=1S/C57H57NO/c1-10-56(7,38-22-28-45(59-9)29-23-38)39-24-30-46-47-31-25-40(35-51(47)54(3,4)50(46)34-39)57(8,11-2)41-26-32-48-49-33-27-44(37-53(49)55(5,6)52(48)36-41)58(42-18-14-12-15-19-42)43-20-16-13-17-21-43/h12-37H,10-11H2,1-9H3. The van der Waals surface area contributed by atoms with E-state index in [0.717, 1.165) is 30.0 Å². The first kappa shape index (κ1) is 38.6. The molecule has 0 amide bonds. The van der Waals surface area contributed by atoms with E-state index in [0.29, 0.717) is 0 Å². The summed E-state index contributed by atoms with van der Waals surface area (Å²) in [6.07, 6.45) is 2.01. The van der Waals surface area contributed by atoms with Crippen molar-refractivity contribution >= 4 is 17.1 Å². The molecular weight excluding hydrogens is 715 g/mol. The number of fused-ring (bicyclic) bond motifs is 6. The van der Waals surface area contributed by atoms with Crippen LogP contribution in [0.2, 0.25) is 0 Å². The molecule has 0 saturated heterocycles. The van der Waals surface area contributed by atoms with Crippen molar-refractivity contribution in [3.63, 3.8) is 0 Å². The molecule has 0 N–H and O–H groups in total. The van der Waals surface area contributed by atoms with Crippen molar-refractivity contribution in [2.24, 2.45) is 0 Å². The first-order valence-corrected chi connectivity index (χ1v) is 21.5. The number of ether oxygens (including phenoxy) is 1. The van der Waals surface area contributed by atoms with Crippen LogP contribution in [0, 0.1) is 0 Å². The third-order valence-electron chi connectivity index (χ3n) is 14.7. The van der Waals surface area contributed by atoms with Crippen molar-refractivity contribution in [2.45, 2.75) is 89.9 Å². The molecule has 2 aliphatic carbocycles. The molecule has 296 valence electrons. The molecule has 2 heteroatoms. The number of nitrogens with zero attached hydrogens (tertiary/aromatic N) is 1. The van der Waals surface area contributed by atoms with Crippen LogP contribution in [0.3, 0.4) is 0 Å². The fourth-order valence-corrected chi connectivity index (χ4v) is 10.3. The van der Waals surface area contributed by atoms with E-state index >= 15 is 0 Å². The first-order chi connectivity index (χ1) is 28.3. The molecule has 59 heavy (non-hydrogen) atoms. The Bertz CT molecular complexity index is 2650. The lowest BCUT2D eigenvalue weighted by Crippen LogP contribution is -2.25. The molecule has 0 spiro atoms. The van der Waals surface area contributed by atoms with Gasteiger partial charge in [-0.2, -0.15) is 0 Å². The van der Waals surface area contributed by atoms with Gasteiger partial charge in [0.2, 0.25) is 0 Å². The Morgan fingerprint density at radius 3 is 1.17 bits per heavy atom. The maximum atomic E-state index is 5.49. The summed E-state index contributed by atoms with van der Waals surface area (Å²) in [6.45, 7) is 19.2. The Morgan fingerprint density at radius 1 is 0.424 bits per heavy atom. The van der Waals surface area contributed by atoms with E-state index in [4.69, 9.17) is 4.74 Å². The average Bonchev–Trinajstić information content (AvgIpc) is 3.64. The number of anilines is 3. The highest BCUT2D eigenvalue weighted by atomic mass is 16.5. The number of rotatable bonds is 10. The maximum absolute atomic E-state index is 5.49. The Morgan fingerprint density at radius 2 is 0.780 bits per heavy atom.